The van der Waals surface area contributed by atoms with Crippen molar-refractivity contribution in [1.82, 2.24) is 10.3 Å². The average Bonchev–Trinajstić information content (AvgIpc) is 2.48. The molecule has 1 atom stereocenters. The van der Waals surface area contributed by atoms with Crippen LogP contribution in [0, 0.1) is 5.82 Å². The fourth-order valence-electron chi connectivity index (χ4n) is 1.87. The molecule has 1 aliphatic heterocycles. The number of carbonyl (C=O) groups excluding carboxylic acids is 1. The van der Waals surface area contributed by atoms with Crippen LogP contribution >= 0.6 is 0 Å². The number of amides is 1. The van der Waals surface area contributed by atoms with Gasteiger partial charge in [0.15, 0.2) is 11.6 Å². The van der Waals surface area contributed by atoms with Crippen molar-refractivity contribution in [2.75, 3.05) is 38.2 Å². The van der Waals surface area contributed by atoms with Crippen molar-refractivity contribution >= 4 is 11.7 Å². The molecule has 0 saturated carbocycles. The summed E-state index contributed by atoms with van der Waals surface area (Å²) in [6.45, 7) is 4.15. The molecule has 0 bridgehead atoms. The van der Waals surface area contributed by atoms with E-state index in [2.05, 4.69) is 15.6 Å². The van der Waals surface area contributed by atoms with Gasteiger partial charge in [-0.1, -0.05) is 0 Å². The van der Waals surface area contributed by atoms with Gasteiger partial charge >= 0.3 is 0 Å². The minimum atomic E-state index is -0.646. The summed E-state index contributed by atoms with van der Waals surface area (Å²) < 4.78 is 24.7. The molecule has 1 saturated heterocycles. The number of ether oxygens (including phenoxy) is 2. The van der Waals surface area contributed by atoms with Crippen molar-refractivity contribution < 1.29 is 18.7 Å². The van der Waals surface area contributed by atoms with Crippen LogP contribution in [-0.4, -0.2) is 49.9 Å². The Morgan fingerprint density at radius 2 is 2.40 bits per heavy atom. The normalized spacial score (nSPS) is 18.6. The van der Waals surface area contributed by atoms with Crippen molar-refractivity contribution in [3.05, 3.63) is 23.6 Å². The van der Waals surface area contributed by atoms with Gasteiger partial charge in [-0.25, -0.2) is 9.37 Å². The molecule has 1 aliphatic rings. The molecule has 6 nitrogen and oxygen atoms in total. The van der Waals surface area contributed by atoms with Crippen LogP contribution in [0.5, 0.6) is 0 Å². The number of nitrogens with zero attached hydrogens (tertiary/aromatic N) is 1. The molecule has 7 heteroatoms. The van der Waals surface area contributed by atoms with Crippen molar-refractivity contribution in [2.24, 2.45) is 0 Å². The van der Waals surface area contributed by atoms with Crippen LogP contribution in [0.4, 0.5) is 10.2 Å². The summed E-state index contributed by atoms with van der Waals surface area (Å²) in [5.41, 5.74) is -0.0346. The van der Waals surface area contributed by atoms with E-state index in [9.17, 15) is 9.18 Å². The lowest BCUT2D eigenvalue weighted by molar-refractivity contribution is -0.0855. The lowest BCUT2D eigenvalue weighted by Crippen LogP contribution is -2.40. The number of halogens is 1. The maximum atomic E-state index is 14.0. The van der Waals surface area contributed by atoms with E-state index in [0.717, 1.165) is 0 Å². The number of nitrogens with one attached hydrogen (secondary N) is 2. The van der Waals surface area contributed by atoms with Crippen LogP contribution in [0.1, 0.15) is 17.3 Å². The smallest absolute Gasteiger partial charge is 0.254 e. The Balaban J connectivity index is 1.96. The molecular formula is C13H18FN3O3. The Morgan fingerprint density at radius 3 is 3.10 bits per heavy atom. The number of anilines is 1. The lowest BCUT2D eigenvalue weighted by Gasteiger charge is -2.23. The van der Waals surface area contributed by atoms with E-state index < -0.39 is 11.7 Å². The van der Waals surface area contributed by atoms with Crippen molar-refractivity contribution in [1.29, 1.82) is 0 Å². The first-order valence-electron chi connectivity index (χ1n) is 6.58. The first-order chi connectivity index (χ1) is 9.72. The van der Waals surface area contributed by atoms with E-state index in [1.807, 2.05) is 6.92 Å². The molecule has 110 valence electrons. The third kappa shape index (κ3) is 3.64. The highest BCUT2D eigenvalue weighted by Gasteiger charge is 2.19. The summed E-state index contributed by atoms with van der Waals surface area (Å²) in [7, 11) is 0. The van der Waals surface area contributed by atoms with Gasteiger partial charge in [-0.15, -0.1) is 0 Å². The van der Waals surface area contributed by atoms with Gasteiger partial charge in [0, 0.05) is 19.3 Å². The summed E-state index contributed by atoms with van der Waals surface area (Å²) in [5.74, 6) is -1.05. The van der Waals surface area contributed by atoms with Crippen molar-refractivity contribution in [3.63, 3.8) is 0 Å². The Morgan fingerprint density at radius 1 is 1.55 bits per heavy atom. The molecule has 0 spiro atoms. The van der Waals surface area contributed by atoms with Gasteiger partial charge in [-0.05, 0) is 13.0 Å². The third-order valence-electron chi connectivity index (χ3n) is 2.85. The predicted octanol–water partition coefficient (Wildman–Crippen LogP) is 0.798. The molecule has 0 radical (unpaired) electrons. The number of aromatic nitrogens is 1. The first-order valence-corrected chi connectivity index (χ1v) is 6.58. The summed E-state index contributed by atoms with van der Waals surface area (Å²) >= 11 is 0. The van der Waals surface area contributed by atoms with E-state index in [1.165, 1.54) is 12.3 Å². The Bertz CT molecular complexity index is 464. The fraction of sp³-hybridized carbons (Fsp3) is 0.538. The largest absolute Gasteiger partial charge is 0.376 e. The highest BCUT2D eigenvalue weighted by Crippen LogP contribution is 2.14. The molecule has 0 aromatic carbocycles. The van der Waals surface area contributed by atoms with Crippen LogP contribution in [-0.2, 0) is 9.47 Å². The summed E-state index contributed by atoms with van der Waals surface area (Å²) in [6.07, 6.45) is 1.21. The van der Waals surface area contributed by atoms with Crippen LogP contribution in [0.3, 0.4) is 0 Å². The Kier molecular flexibility index (Phi) is 5.25. The minimum Gasteiger partial charge on any atom is -0.376 e. The minimum absolute atomic E-state index is 0.0346. The average molecular weight is 283 g/mol. The van der Waals surface area contributed by atoms with Gasteiger partial charge in [0.1, 0.15) is 0 Å². The monoisotopic (exact) mass is 283 g/mol. The van der Waals surface area contributed by atoms with Gasteiger partial charge in [-0.3, -0.25) is 4.79 Å². The fourth-order valence-corrected chi connectivity index (χ4v) is 1.87. The SMILES string of the molecule is CCNc1nccc(C(=O)NCC2COCCO2)c1F. The quantitative estimate of drug-likeness (QED) is 0.836. The Labute approximate surface area is 116 Å². The zero-order chi connectivity index (χ0) is 14.4. The lowest BCUT2D eigenvalue weighted by atomic mass is 10.2. The van der Waals surface area contributed by atoms with Gasteiger partial charge in [0.05, 0.1) is 31.5 Å². The number of pyridine rings is 1. The van der Waals surface area contributed by atoms with Crippen LogP contribution in [0.25, 0.3) is 0 Å². The van der Waals surface area contributed by atoms with E-state index in [1.54, 1.807) is 0 Å². The van der Waals surface area contributed by atoms with Crippen molar-refractivity contribution in [3.8, 4) is 0 Å². The highest BCUT2D eigenvalue weighted by atomic mass is 19.1. The second kappa shape index (κ2) is 7.16. The van der Waals surface area contributed by atoms with Gasteiger partial charge in [0.2, 0.25) is 0 Å². The zero-order valence-electron chi connectivity index (χ0n) is 11.3. The second-order valence-corrected chi connectivity index (χ2v) is 4.33. The number of rotatable bonds is 5. The maximum Gasteiger partial charge on any atom is 0.254 e. The number of hydrogen-bond acceptors (Lipinski definition) is 5. The molecule has 1 unspecified atom stereocenters. The van der Waals surface area contributed by atoms with Gasteiger partial charge in [0.25, 0.3) is 5.91 Å². The summed E-state index contributed by atoms with van der Waals surface area (Å²) in [5, 5.41) is 5.41. The molecular weight excluding hydrogens is 265 g/mol. The van der Waals surface area contributed by atoms with E-state index >= 15 is 0 Å². The van der Waals surface area contributed by atoms with Crippen molar-refractivity contribution in [2.45, 2.75) is 13.0 Å². The predicted molar refractivity (Wildman–Crippen MR) is 71.3 cm³/mol. The number of carbonyl (C=O) groups is 1. The first kappa shape index (κ1) is 14.7. The molecule has 2 rings (SSSR count). The summed E-state index contributed by atoms with van der Waals surface area (Å²) in [4.78, 5) is 15.8. The van der Waals surface area contributed by atoms with Gasteiger partial charge in [-0.2, -0.15) is 0 Å². The molecule has 1 amide bonds. The molecule has 20 heavy (non-hydrogen) atoms. The van der Waals surface area contributed by atoms with E-state index in [4.69, 9.17) is 9.47 Å². The zero-order valence-corrected chi connectivity index (χ0v) is 11.3. The number of hydrogen-bond donors (Lipinski definition) is 2. The highest BCUT2D eigenvalue weighted by molar-refractivity contribution is 5.95. The third-order valence-corrected chi connectivity index (χ3v) is 2.85. The van der Waals surface area contributed by atoms with E-state index in [0.29, 0.717) is 26.4 Å². The maximum absolute atomic E-state index is 14.0. The van der Waals surface area contributed by atoms with Crippen LogP contribution in [0.2, 0.25) is 0 Å². The molecule has 1 aromatic rings. The molecule has 1 aromatic heterocycles. The molecule has 2 heterocycles. The van der Waals surface area contributed by atoms with Crippen LogP contribution < -0.4 is 10.6 Å². The van der Waals surface area contributed by atoms with Crippen LogP contribution in [0.15, 0.2) is 12.3 Å². The second-order valence-electron chi connectivity index (χ2n) is 4.33. The van der Waals surface area contributed by atoms with Gasteiger partial charge < -0.3 is 20.1 Å². The Hall–Kier alpha value is -1.73. The molecule has 2 N–H and O–H groups in total. The standard InChI is InChI=1S/C13H18FN3O3/c1-2-15-12-11(14)10(3-4-16-12)13(18)17-7-9-8-19-5-6-20-9/h3-4,9H,2,5-8H2,1H3,(H,15,16)(H,17,18). The van der Waals surface area contributed by atoms with E-state index in [-0.39, 0.29) is 24.0 Å². The molecule has 1 fully saturated rings. The molecule has 0 aliphatic carbocycles. The summed E-state index contributed by atoms with van der Waals surface area (Å²) in [6, 6.07) is 1.35. The topological polar surface area (TPSA) is 72.5 Å².